The zero-order valence-corrected chi connectivity index (χ0v) is 14.0. The molecule has 1 amide bonds. The topological polar surface area (TPSA) is 120 Å². The normalized spacial score (nSPS) is 21.2. The molecule has 0 radical (unpaired) electrons. The molecule has 26 heavy (non-hydrogen) atoms. The number of nitrogens with zero attached hydrogens (tertiary/aromatic N) is 3. The van der Waals surface area contributed by atoms with E-state index in [9.17, 15) is 15.3 Å². The van der Waals surface area contributed by atoms with Crippen LogP contribution in [0.5, 0.6) is 0 Å². The summed E-state index contributed by atoms with van der Waals surface area (Å²) in [7, 11) is 0. The summed E-state index contributed by atoms with van der Waals surface area (Å²) < 4.78 is 10.6. The molecule has 2 N–H and O–H groups in total. The van der Waals surface area contributed by atoms with Gasteiger partial charge in [-0.2, -0.15) is 10.5 Å². The Bertz CT molecular complexity index is 1060. The van der Waals surface area contributed by atoms with Crippen molar-refractivity contribution in [1.29, 1.82) is 10.5 Å². The van der Waals surface area contributed by atoms with E-state index in [1.54, 1.807) is 30.3 Å². The number of carbonyl (C=O) groups excluding carboxylic acids is 1. The number of amides is 1. The number of nitrogens with two attached hydrogens (primary N) is 1. The second kappa shape index (κ2) is 6.03. The lowest BCUT2D eigenvalue weighted by molar-refractivity contribution is -0.124. The van der Waals surface area contributed by atoms with Gasteiger partial charge in [0.2, 0.25) is 0 Å². The van der Waals surface area contributed by atoms with Crippen LogP contribution in [0.25, 0.3) is 11.6 Å². The molecule has 0 saturated carbocycles. The van der Waals surface area contributed by atoms with E-state index in [-0.39, 0.29) is 22.9 Å². The van der Waals surface area contributed by atoms with Crippen LogP contribution in [0.2, 0.25) is 0 Å². The van der Waals surface area contributed by atoms with Crippen molar-refractivity contribution in [2.45, 2.75) is 5.37 Å². The third-order valence-electron chi connectivity index (χ3n) is 4.00. The smallest absolute Gasteiger partial charge is 0.267 e. The Balaban J connectivity index is 1.89. The van der Waals surface area contributed by atoms with E-state index in [1.165, 1.54) is 29.2 Å². The number of nitriles is 2. The van der Waals surface area contributed by atoms with Crippen molar-refractivity contribution in [3.8, 4) is 12.1 Å². The van der Waals surface area contributed by atoms with Gasteiger partial charge in [0, 0.05) is 0 Å². The highest BCUT2D eigenvalue weighted by Gasteiger charge is 2.46. The van der Waals surface area contributed by atoms with Crippen LogP contribution in [0.4, 0.5) is 0 Å². The van der Waals surface area contributed by atoms with Gasteiger partial charge in [0.1, 0.15) is 34.4 Å². The molecule has 0 bridgehead atoms. The van der Waals surface area contributed by atoms with E-state index in [0.29, 0.717) is 22.0 Å². The highest BCUT2D eigenvalue weighted by Crippen LogP contribution is 2.48. The van der Waals surface area contributed by atoms with E-state index in [2.05, 4.69) is 6.07 Å². The Labute approximate surface area is 152 Å². The molecule has 2 aliphatic rings. The number of carbonyl (C=O) groups is 1. The van der Waals surface area contributed by atoms with Crippen LogP contribution < -0.4 is 5.73 Å². The molecule has 7 nitrogen and oxygen atoms in total. The monoisotopic (exact) mass is 362 g/mol. The van der Waals surface area contributed by atoms with E-state index in [0.717, 1.165) is 0 Å². The summed E-state index contributed by atoms with van der Waals surface area (Å²) in [5.74, 6) is 0.492. The van der Waals surface area contributed by atoms with Crippen LogP contribution >= 0.6 is 11.8 Å². The lowest BCUT2D eigenvalue weighted by atomic mass is 9.94. The van der Waals surface area contributed by atoms with Gasteiger partial charge in [-0.1, -0.05) is 11.8 Å². The van der Waals surface area contributed by atoms with Gasteiger partial charge in [-0.15, -0.1) is 0 Å². The van der Waals surface area contributed by atoms with Crippen molar-refractivity contribution in [3.05, 3.63) is 70.2 Å². The van der Waals surface area contributed by atoms with E-state index in [4.69, 9.17) is 14.6 Å². The molecular formula is C18H10N4O3S. The molecule has 2 aromatic rings. The second-order valence-corrected chi connectivity index (χ2v) is 6.54. The van der Waals surface area contributed by atoms with Crippen molar-refractivity contribution in [2.75, 3.05) is 0 Å². The van der Waals surface area contributed by atoms with Crippen molar-refractivity contribution < 1.29 is 13.6 Å². The summed E-state index contributed by atoms with van der Waals surface area (Å²) >= 11 is 1.18. The Morgan fingerprint density at radius 3 is 2.58 bits per heavy atom. The highest BCUT2D eigenvalue weighted by atomic mass is 32.2. The first-order valence-electron chi connectivity index (χ1n) is 7.49. The zero-order valence-electron chi connectivity index (χ0n) is 13.2. The highest BCUT2D eigenvalue weighted by molar-refractivity contribution is 8.05. The maximum absolute atomic E-state index is 12.8. The van der Waals surface area contributed by atoms with Crippen LogP contribution in [-0.2, 0) is 4.79 Å². The van der Waals surface area contributed by atoms with Crippen molar-refractivity contribution >= 4 is 29.3 Å². The molecule has 1 fully saturated rings. The summed E-state index contributed by atoms with van der Waals surface area (Å²) in [6, 6.07) is 10.8. The average Bonchev–Trinajstić information content (AvgIpc) is 3.38. The summed E-state index contributed by atoms with van der Waals surface area (Å²) in [6.07, 6.45) is 4.54. The fourth-order valence-corrected chi connectivity index (χ4v) is 4.11. The molecule has 0 aromatic carbocycles. The number of fused-ring (bicyclic) bond motifs is 1. The summed E-state index contributed by atoms with van der Waals surface area (Å²) in [5.41, 5.74) is 6.73. The third kappa shape index (κ3) is 2.25. The van der Waals surface area contributed by atoms with Gasteiger partial charge in [0.15, 0.2) is 0 Å². The minimum Gasteiger partial charge on any atom is -0.465 e. The second-order valence-electron chi connectivity index (χ2n) is 5.42. The summed E-state index contributed by atoms with van der Waals surface area (Å²) in [4.78, 5) is 14.4. The van der Waals surface area contributed by atoms with Crippen LogP contribution in [-0.4, -0.2) is 16.2 Å². The van der Waals surface area contributed by atoms with E-state index in [1.807, 2.05) is 6.07 Å². The van der Waals surface area contributed by atoms with E-state index < -0.39 is 5.37 Å². The standard InChI is InChI=1S/C18H10N4O3S/c19-8-11-15(13-4-2-6-25-13)12(9-20)18-22(16(11)21)17(23)14(26-18)7-10-3-1-5-24-10/h1-7,18H,21H2/b14-7-/t18-/m0/s1. The fourth-order valence-electron chi connectivity index (χ4n) is 2.88. The molecule has 1 atom stereocenters. The molecule has 2 aliphatic heterocycles. The largest absolute Gasteiger partial charge is 0.465 e. The number of hydrogen-bond donors (Lipinski definition) is 1. The lowest BCUT2D eigenvalue weighted by Crippen LogP contribution is -2.40. The predicted octanol–water partition coefficient (Wildman–Crippen LogP) is 2.80. The fraction of sp³-hybridized carbons (Fsp3) is 0.0556. The molecule has 0 spiro atoms. The number of thioether (sulfide) groups is 1. The SMILES string of the molecule is N#CC1=C(N)N2C(=O)/C(=C/c3ccco3)S[C@H]2C(C#N)=C1c1ccco1. The summed E-state index contributed by atoms with van der Waals surface area (Å²) in [6.45, 7) is 0. The van der Waals surface area contributed by atoms with Gasteiger partial charge in [0.05, 0.1) is 34.6 Å². The third-order valence-corrected chi connectivity index (χ3v) is 5.22. The molecule has 126 valence electrons. The van der Waals surface area contributed by atoms with Gasteiger partial charge < -0.3 is 14.6 Å². The quantitative estimate of drug-likeness (QED) is 0.815. The van der Waals surface area contributed by atoms with Gasteiger partial charge in [-0.3, -0.25) is 9.69 Å². The first-order chi connectivity index (χ1) is 12.7. The van der Waals surface area contributed by atoms with Crippen LogP contribution in [0.1, 0.15) is 11.5 Å². The number of furan rings is 2. The lowest BCUT2D eigenvalue weighted by Gasteiger charge is -2.29. The number of rotatable bonds is 2. The van der Waals surface area contributed by atoms with Gasteiger partial charge in [-0.25, -0.2) is 0 Å². The molecule has 2 aromatic heterocycles. The molecule has 4 heterocycles. The minimum absolute atomic E-state index is 0.00300. The Hall–Kier alpha value is -3.62. The Morgan fingerprint density at radius 2 is 1.96 bits per heavy atom. The Kier molecular flexibility index (Phi) is 3.68. The zero-order chi connectivity index (χ0) is 18.3. The summed E-state index contributed by atoms with van der Waals surface area (Å²) in [5, 5.41) is 18.6. The van der Waals surface area contributed by atoms with Crippen molar-refractivity contribution in [2.24, 2.45) is 5.73 Å². The van der Waals surface area contributed by atoms with E-state index >= 15 is 0 Å². The van der Waals surface area contributed by atoms with Gasteiger partial charge >= 0.3 is 0 Å². The first-order valence-corrected chi connectivity index (χ1v) is 8.37. The molecule has 0 unspecified atom stereocenters. The maximum atomic E-state index is 12.8. The molecule has 1 saturated heterocycles. The minimum atomic E-state index is -0.661. The molecule has 8 heteroatoms. The molecule has 4 rings (SSSR count). The molecular weight excluding hydrogens is 352 g/mol. The van der Waals surface area contributed by atoms with Crippen LogP contribution in [0.3, 0.4) is 0 Å². The predicted molar refractivity (Wildman–Crippen MR) is 93.0 cm³/mol. The maximum Gasteiger partial charge on any atom is 0.267 e. The number of hydrogen-bond acceptors (Lipinski definition) is 7. The van der Waals surface area contributed by atoms with Gasteiger partial charge in [-0.05, 0) is 30.3 Å². The van der Waals surface area contributed by atoms with Gasteiger partial charge in [0.25, 0.3) is 5.91 Å². The van der Waals surface area contributed by atoms with Crippen LogP contribution in [0.15, 0.2) is 67.5 Å². The number of allylic oxidation sites excluding steroid dienone is 2. The molecule has 0 aliphatic carbocycles. The van der Waals surface area contributed by atoms with Crippen LogP contribution in [0, 0.1) is 22.7 Å². The van der Waals surface area contributed by atoms with Crippen molar-refractivity contribution in [1.82, 2.24) is 4.90 Å². The first kappa shape index (κ1) is 15.9. The average molecular weight is 362 g/mol. The Morgan fingerprint density at radius 1 is 1.19 bits per heavy atom. The van der Waals surface area contributed by atoms with Crippen molar-refractivity contribution in [3.63, 3.8) is 0 Å².